The third-order valence-corrected chi connectivity index (χ3v) is 11.9. The molecule has 0 rings (SSSR count). The van der Waals surface area contributed by atoms with Gasteiger partial charge in [0.25, 0.3) is 0 Å². The van der Waals surface area contributed by atoms with Crippen molar-refractivity contribution < 1.29 is 32.9 Å². The zero-order valence-corrected chi connectivity index (χ0v) is 41.7. The lowest BCUT2D eigenvalue weighted by molar-refractivity contribution is -0.870. The summed E-state index contributed by atoms with van der Waals surface area (Å²) in [5.41, 5.74) is 0. The lowest BCUT2D eigenvalue weighted by Crippen LogP contribution is -2.45. The number of quaternary nitrogens is 1. The highest BCUT2D eigenvalue weighted by molar-refractivity contribution is 7.47. The maximum absolute atomic E-state index is 12.8. The largest absolute Gasteiger partial charge is 0.472 e. The number of rotatable bonds is 45. The molecule has 62 heavy (non-hydrogen) atoms. The van der Waals surface area contributed by atoms with Crippen molar-refractivity contribution in [2.45, 2.75) is 219 Å². The van der Waals surface area contributed by atoms with Crippen molar-refractivity contribution in [1.29, 1.82) is 0 Å². The molecule has 0 aromatic carbocycles. The second-order valence-electron chi connectivity index (χ2n) is 18.2. The Balaban J connectivity index is 3.81. The minimum atomic E-state index is -4.32. The molecule has 9 heteroatoms. The zero-order valence-electron chi connectivity index (χ0n) is 40.8. The van der Waals surface area contributed by atoms with Gasteiger partial charge in [0, 0.05) is 6.42 Å². The van der Waals surface area contributed by atoms with Crippen LogP contribution in [0, 0.1) is 0 Å². The molecule has 8 nitrogen and oxygen atoms in total. The van der Waals surface area contributed by atoms with E-state index in [4.69, 9.17) is 9.05 Å². The molecule has 0 spiro atoms. The number of carbonyl (C=O) groups excluding carboxylic acids is 1. The zero-order chi connectivity index (χ0) is 45.7. The normalized spacial score (nSPS) is 14.8. The molecule has 0 radical (unpaired) electrons. The number of aliphatic hydroxyl groups is 1. The van der Waals surface area contributed by atoms with Crippen LogP contribution in [0.5, 0.6) is 0 Å². The number of likely N-dealkylation sites (N-methyl/N-ethyl adjacent to an activating group) is 1. The van der Waals surface area contributed by atoms with E-state index >= 15 is 0 Å². The van der Waals surface area contributed by atoms with E-state index in [2.05, 4.69) is 79.9 Å². The minimum Gasteiger partial charge on any atom is -0.387 e. The Morgan fingerprint density at radius 2 is 0.968 bits per heavy atom. The third kappa shape index (κ3) is 45.9. The summed E-state index contributed by atoms with van der Waals surface area (Å²) < 4.78 is 23.4. The molecule has 360 valence electrons. The predicted molar refractivity (Wildman–Crippen MR) is 267 cm³/mol. The van der Waals surface area contributed by atoms with Gasteiger partial charge in [-0.2, -0.15) is 0 Å². The fourth-order valence-corrected chi connectivity index (χ4v) is 7.69. The van der Waals surface area contributed by atoms with Crippen LogP contribution < -0.4 is 5.32 Å². The van der Waals surface area contributed by atoms with Crippen LogP contribution in [0.25, 0.3) is 0 Å². The lowest BCUT2D eigenvalue weighted by atomic mass is 10.0. The monoisotopic (exact) mass is 890 g/mol. The van der Waals surface area contributed by atoms with Crippen molar-refractivity contribution in [2.75, 3.05) is 40.9 Å². The Morgan fingerprint density at radius 3 is 1.42 bits per heavy atom. The smallest absolute Gasteiger partial charge is 0.387 e. The molecule has 0 bridgehead atoms. The number of carbonyl (C=O) groups is 1. The third-order valence-electron chi connectivity index (χ3n) is 10.9. The molecule has 0 saturated heterocycles. The summed E-state index contributed by atoms with van der Waals surface area (Å²) in [6.07, 6.45) is 60.6. The first-order chi connectivity index (χ1) is 30.0. The van der Waals surface area contributed by atoms with Crippen molar-refractivity contribution in [3.63, 3.8) is 0 Å². The maximum atomic E-state index is 12.8. The molecule has 0 saturated carbocycles. The van der Waals surface area contributed by atoms with Gasteiger partial charge >= 0.3 is 7.82 Å². The highest BCUT2D eigenvalue weighted by Gasteiger charge is 2.27. The molecule has 3 N–H and O–H groups in total. The van der Waals surface area contributed by atoms with E-state index in [9.17, 15) is 19.4 Å². The van der Waals surface area contributed by atoms with Crippen LogP contribution in [0.15, 0.2) is 72.9 Å². The van der Waals surface area contributed by atoms with Crippen LogP contribution in [0.3, 0.4) is 0 Å². The number of unbranched alkanes of at least 4 members (excludes halogenated alkanes) is 22. The molecule has 0 aromatic rings. The molecular formula is C53H98N2O6P+. The Kier molecular flexibility index (Phi) is 42.7. The summed E-state index contributed by atoms with van der Waals surface area (Å²) in [6, 6.07) is -0.843. The summed E-state index contributed by atoms with van der Waals surface area (Å²) in [4.78, 5) is 23.0. The van der Waals surface area contributed by atoms with Gasteiger partial charge in [-0.3, -0.25) is 13.8 Å². The summed E-state index contributed by atoms with van der Waals surface area (Å²) in [5, 5.41) is 13.6. The number of phosphoric acid groups is 1. The van der Waals surface area contributed by atoms with Crippen LogP contribution in [0.1, 0.15) is 206 Å². The van der Waals surface area contributed by atoms with Gasteiger partial charge in [-0.15, -0.1) is 0 Å². The molecule has 3 atom stereocenters. The van der Waals surface area contributed by atoms with E-state index in [-0.39, 0.29) is 19.1 Å². The average Bonchev–Trinajstić information content (AvgIpc) is 3.23. The van der Waals surface area contributed by atoms with Gasteiger partial charge < -0.3 is 19.8 Å². The summed E-state index contributed by atoms with van der Waals surface area (Å²) >= 11 is 0. The van der Waals surface area contributed by atoms with Gasteiger partial charge in [-0.1, -0.05) is 209 Å². The second-order valence-corrected chi connectivity index (χ2v) is 19.6. The van der Waals surface area contributed by atoms with Gasteiger partial charge in [0.15, 0.2) is 0 Å². The number of allylic oxidation sites excluding steroid dienone is 11. The highest BCUT2D eigenvalue weighted by Crippen LogP contribution is 2.43. The molecule has 0 aliphatic rings. The second kappa shape index (κ2) is 44.2. The molecule has 3 unspecified atom stereocenters. The van der Waals surface area contributed by atoms with Gasteiger partial charge in [0.1, 0.15) is 13.2 Å². The summed E-state index contributed by atoms with van der Waals surface area (Å²) in [7, 11) is 1.56. The molecule has 0 aliphatic carbocycles. The van der Waals surface area contributed by atoms with Crippen molar-refractivity contribution in [3.8, 4) is 0 Å². The Bertz CT molecular complexity index is 1240. The summed E-state index contributed by atoms with van der Waals surface area (Å²) in [5.74, 6) is -0.185. The predicted octanol–water partition coefficient (Wildman–Crippen LogP) is 14.8. The number of phosphoric ester groups is 1. The Hall–Kier alpha value is -2.06. The van der Waals surface area contributed by atoms with Gasteiger partial charge in [-0.05, 0) is 64.2 Å². The van der Waals surface area contributed by atoms with Crippen LogP contribution in [-0.2, 0) is 18.4 Å². The molecule has 0 aliphatic heterocycles. The average molecular weight is 890 g/mol. The first-order valence-electron chi connectivity index (χ1n) is 25.3. The van der Waals surface area contributed by atoms with E-state index in [1.54, 1.807) is 6.08 Å². The van der Waals surface area contributed by atoms with E-state index in [1.165, 1.54) is 109 Å². The SMILES string of the molecule is CC/C=C\C/C=C\C/C=C\C/C=C\C/C=C\CCCCCCCCCCCCCCCCCCCCCC(=O)NC(COP(=O)(O)OCC[N+](C)(C)C)C(O)/C=C/CCCCC. The molecule has 1 amide bonds. The van der Waals surface area contributed by atoms with E-state index in [0.29, 0.717) is 17.4 Å². The minimum absolute atomic E-state index is 0.0595. The molecule has 0 aromatic heterocycles. The number of nitrogens with zero attached hydrogens (tertiary/aromatic N) is 1. The molecular weight excluding hydrogens is 792 g/mol. The van der Waals surface area contributed by atoms with Crippen molar-refractivity contribution in [3.05, 3.63) is 72.9 Å². The molecule has 0 fully saturated rings. The van der Waals surface area contributed by atoms with Crippen LogP contribution in [0.2, 0.25) is 0 Å². The number of hydrogen-bond acceptors (Lipinski definition) is 5. The number of amides is 1. The number of nitrogens with one attached hydrogen (secondary N) is 1. The number of hydrogen-bond donors (Lipinski definition) is 3. The van der Waals surface area contributed by atoms with Gasteiger partial charge in [-0.25, -0.2) is 4.57 Å². The van der Waals surface area contributed by atoms with Crippen LogP contribution >= 0.6 is 7.82 Å². The quantitative estimate of drug-likeness (QED) is 0.0243. The molecule has 0 heterocycles. The van der Waals surface area contributed by atoms with Gasteiger partial charge in [0.05, 0.1) is 39.9 Å². The van der Waals surface area contributed by atoms with Crippen molar-refractivity contribution >= 4 is 13.7 Å². The fraction of sp³-hybridized carbons (Fsp3) is 0.755. The van der Waals surface area contributed by atoms with Crippen molar-refractivity contribution in [1.82, 2.24) is 5.32 Å². The Morgan fingerprint density at radius 1 is 0.565 bits per heavy atom. The van der Waals surface area contributed by atoms with E-state index in [1.807, 2.05) is 27.2 Å². The highest BCUT2D eigenvalue weighted by atomic mass is 31.2. The van der Waals surface area contributed by atoms with Crippen LogP contribution in [-0.4, -0.2) is 73.4 Å². The summed E-state index contributed by atoms with van der Waals surface area (Å²) in [6.45, 7) is 4.58. The fourth-order valence-electron chi connectivity index (χ4n) is 6.95. The lowest BCUT2D eigenvalue weighted by Gasteiger charge is -2.25. The maximum Gasteiger partial charge on any atom is 0.472 e. The van der Waals surface area contributed by atoms with E-state index < -0.39 is 20.0 Å². The van der Waals surface area contributed by atoms with Crippen LogP contribution in [0.4, 0.5) is 0 Å². The first kappa shape index (κ1) is 59.9. The van der Waals surface area contributed by atoms with Crippen molar-refractivity contribution in [2.24, 2.45) is 0 Å². The van der Waals surface area contributed by atoms with E-state index in [0.717, 1.165) is 77.0 Å². The standard InChI is InChI=1S/C53H97N2O6P/c1-6-8-10-12-13-14-15-16-17-18-19-20-21-22-23-24-25-26-27-28-29-30-31-32-33-34-35-36-37-38-39-40-41-43-45-47-53(57)54-51(52(56)46-44-42-11-9-7-2)50-61-62(58,59)60-49-48-55(3,4)5/h8,10,13-14,16-17,19-20,22-23,44,46,51-52,56H,6-7,9,11-12,15,18,21,24-43,45,47-50H2,1-5H3,(H-,54,57,58,59)/p+1/b10-8-,14-13-,17-16-,20-19-,23-22-,46-44+. The Labute approximate surface area is 383 Å². The van der Waals surface area contributed by atoms with Gasteiger partial charge in [0.2, 0.25) is 5.91 Å². The topological polar surface area (TPSA) is 105 Å². The number of aliphatic hydroxyl groups excluding tert-OH is 1. The first-order valence-corrected chi connectivity index (χ1v) is 26.8.